The molecule has 138 valence electrons. The van der Waals surface area contributed by atoms with E-state index >= 15 is 0 Å². The van der Waals surface area contributed by atoms with Gasteiger partial charge in [0.05, 0.1) is 4.90 Å². The van der Waals surface area contributed by atoms with E-state index in [1.807, 2.05) is 0 Å². The van der Waals surface area contributed by atoms with Crippen molar-refractivity contribution < 1.29 is 13.2 Å². The Hall–Kier alpha value is -1.44. The first-order chi connectivity index (χ1) is 12.0. The van der Waals surface area contributed by atoms with Gasteiger partial charge in [-0.25, -0.2) is 8.42 Å². The minimum atomic E-state index is -3.42. The van der Waals surface area contributed by atoms with Gasteiger partial charge < -0.3 is 10.2 Å². The lowest BCUT2D eigenvalue weighted by Gasteiger charge is -2.31. The predicted molar refractivity (Wildman–Crippen MR) is 97.0 cm³/mol. The normalized spacial score (nSPS) is 20.7. The number of carbonyl (C=O) groups excluding carboxylic acids is 1. The summed E-state index contributed by atoms with van der Waals surface area (Å²) in [6.45, 7) is 6.38. The van der Waals surface area contributed by atoms with Gasteiger partial charge in [0, 0.05) is 37.8 Å². The molecular formula is C18H27N3O3S. The molecule has 0 atom stereocenters. The average molecular weight is 365 g/mol. The Morgan fingerprint density at radius 1 is 1.08 bits per heavy atom. The van der Waals surface area contributed by atoms with E-state index in [0.29, 0.717) is 18.7 Å². The van der Waals surface area contributed by atoms with Gasteiger partial charge in [-0.15, -0.1) is 0 Å². The molecule has 0 spiro atoms. The molecule has 0 aliphatic carbocycles. The van der Waals surface area contributed by atoms with Crippen molar-refractivity contribution in [1.29, 1.82) is 0 Å². The zero-order valence-corrected chi connectivity index (χ0v) is 15.6. The quantitative estimate of drug-likeness (QED) is 0.862. The molecule has 0 saturated carbocycles. The number of nitrogens with zero attached hydrogens (tertiary/aromatic N) is 2. The Morgan fingerprint density at radius 3 is 2.24 bits per heavy atom. The van der Waals surface area contributed by atoms with Crippen LogP contribution in [0.4, 0.5) is 0 Å². The summed E-state index contributed by atoms with van der Waals surface area (Å²) < 4.78 is 26.5. The zero-order chi connectivity index (χ0) is 17.9. The molecule has 1 aromatic carbocycles. The number of nitrogens with one attached hydrogen (secondary N) is 1. The second-order valence-corrected chi connectivity index (χ2v) is 8.76. The summed E-state index contributed by atoms with van der Waals surface area (Å²) in [6, 6.07) is 6.51. The van der Waals surface area contributed by atoms with Gasteiger partial charge >= 0.3 is 0 Å². The fourth-order valence-electron chi connectivity index (χ4n) is 3.52. The maximum absolute atomic E-state index is 12.5. The van der Waals surface area contributed by atoms with E-state index in [4.69, 9.17) is 0 Å². The molecule has 0 radical (unpaired) electrons. The number of amides is 1. The van der Waals surface area contributed by atoms with E-state index < -0.39 is 10.0 Å². The van der Waals surface area contributed by atoms with Gasteiger partial charge in [0.2, 0.25) is 10.0 Å². The van der Waals surface area contributed by atoms with Crippen molar-refractivity contribution in [3.8, 4) is 0 Å². The van der Waals surface area contributed by atoms with Gasteiger partial charge in [0.25, 0.3) is 5.91 Å². The molecule has 2 heterocycles. The Morgan fingerprint density at radius 2 is 1.68 bits per heavy atom. The first-order valence-corrected chi connectivity index (χ1v) is 10.6. The van der Waals surface area contributed by atoms with E-state index in [1.165, 1.54) is 4.31 Å². The predicted octanol–water partition coefficient (Wildman–Crippen LogP) is 1.69. The summed E-state index contributed by atoms with van der Waals surface area (Å²) in [5.74, 6) is -0.125. The molecule has 1 aromatic rings. The van der Waals surface area contributed by atoms with Gasteiger partial charge in [-0.2, -0.15) is 4.31 Å². The standard InChI is InChI=1S/C18H27N3O3S/c1-2-20-13-9-16(10-14-20)19-18(22)15-5-7-17(8-6-15)25(23,24)21-11-3-4-12-21/h5-8,16H,2-4,9-14H2,1H3,(H,19,22). The molecule has 3 rings (SSSR count). The molecule has 0 unspecified atom stereocenters. The molecule has 0 aromatic heterocycles. The summed E-state index contributed by atoms with van der Waals surface area (Å²) in [7, 11) is -3.42. The molecule has 1 amide bonds. The van der Waals surface area contributed by atoms with Crippen molar-refractivity contribution in [2.75, 3.05) is 32.7 Å². The highest BCUT2D eigenvalue weighted by atomic mass is 32.2. The van der Waals surface area contributed by atoms with Crippen LogP contribution in [0.25, 0.3) is 0 Å². The fourth-order valence-corrected chi connectivity index (χ4v) is 5.04. The van der Waals surface area contributed by atoms with Gasteiger partial charge in [0.15, 0.2) is 0 Å². The lowest BCUT2D eigenvalue weighted by molar-refractivity contribution is 0.0912. The Kier molecular flexibility index (Phi) is 5.76. The van der Waals surface area contributed by atoms with E-state index in [1.54, 1.807) is 24.3 Å². The SMILES string of the molecule is CCN1CCC(NC(=O)c2ccc(S(=O)(=O)N3CCCC3)cc2)CC1. The summed E-state index contributed by atoms with van der Waals surface area (Å²) in [6.07, 6.45) is 3.75. The highest BCUT2D eigenvalue weighted by molar-refractivity contribution is 7.89. The van der Waals surface area contributed by atoms with Crippen LogP contribution in [0.15, 0.2) is 29.2 Å². The third-order valence-electron chi connectivity index (χ3n) is 5.19. The van der Waals surface area contributed by atoms with Crippen LogP contribution in [0.5, 0.6) is 0 Å². The second kappa shape index (κ2) is 7.85. The van der Waals surface area contributed by atoms with Crippen molar-refractivity contribution >= 4 is 15.9 Å². The molecule has 2 aliphatic rings. The van der Waals surface area contributed by atoms with E-state index in [0.717, 1.165) is 45.3 Å². The molecule has 1 N–H and O–H groups in total. The number of hydrogen-bond acceptors (Lipinski definition) is 4. The second-order valence-electron chi connectivity index (χ2n) is 6.82. The monoisotopic (exact) mass is 365 g/mol. The van der Waals surface area contributed by atoms with E-state index in [-0.39, 0.29) is 16.8 Å². The van der Waals surface area contributed by atoms with Gasteiger partial charge in [0.1, 0.15) is 0 Å². The van der Waals surface area contributed by atoms with Crippen LogP contribution in [0.3, 0.4) is 0 Å². The maximum Gasteiger partial charge on any atom is 0.251 e. The highest BCUT2D eigenvalue weighted by Crippen LogP contribution is 2.21. The summed E-state index contributed by atoms with van der Waals surface area (Å²) in [4.78, 5) is 15.0. The molecule has 6 nitrogen and oxygen atoms in total. The lowest BCUT2D eigenvalue weighted by atomic mass is 10.0. The molecule has 25 heavy (non-hydrogen) atoms. The van der Waals surface area contributed by atoms with Gasteiger partial charge in [-0.1, -0.05) is 6.92 Å². The Labute approximate surface area is 150 Å². The minimum Gasteiger partial charge on any atom is -0.349 e. The van der Waals surface area contributed by atoms with Crippen molar-refractivity contribution in [2.45, 2.75) is 43.5 Å². The summed E-state index contributed by atoms with van der Waals surface area (Å²) in [5, 5.41) is 3.07. The number of sulfonamides is 1. The largest absolute Gasteiger partial charge is 0.349 e. The number of benzene rings is 1. The van der Waals surface area contributed by atoms with Crippen LogP contribution in [0, 0.1) is 0 Å². The molecule has 2 aliphatic heterocycles. The van der Waals surface area contributed by atoms with Crippen molar-refractivity contribution in [2.24, 2.45) is 0 Å². The first kappa shape index (κ1) is 18.4. The lowest BCUT2D eigenvalue weighted by Crippen LogP contribution is -2.44. The third kappa shape index (κ3) is 4.22. The Balaban J connectivity index is 1.61. The maximum atomic E-state index is 12.5. The van der Waals surface area contributed by atoms with Crippen molar-refractivity contribution in [1.82, 2.24) is 14.5 Å². The minimum absolute atomic E-state index is 0.125. The molecular weight excluding hydrogens is 338 g/mol. The van der Waals surface area contributed by atoms with Crippen LogP contribution in [-0.2, 0) is 10.0 Å². The fraction of sp³-hybridized carbons (Fsp3) is 0.611. The summed E-state index contributed by atoms with van der Waals surface area (Å²) >= 11 is 0. The number of piperidine rings is 1. The van der Waals surface area contributed by atoms with Crippen molar-refractivity contribution in [3.05, 3.63) is 29.8 Å². The van der Waals surface area contributed by atoms with Crippen LogP contribution in [0.2, 0.25) is 0 Å². The van der Waals surface area contributed by atoms with Gasteiger partial charge in [-0.05, 0) is 56.5 Å². The number of hydrogen-bond donors (Lipinski definition) is 1. The third-order valence-corrected chi connectivity index (χ3v) is 7.10. The van der Waals surface area contributed by atoms with Crippen LogP contribution >= 0.6 is 0 Å². The number of likely N-dealkylation sites (tertiary alicyclic amines) is 1. The van der Waals surface area contributed by atoms with Crippen molar-refractivity contribution in [3.63, 3.8) is 0 Å². The molecule has 7 heteroatoms. The molecule has 0 bridgehead atoms. The van der Waals surface area contributed by atoms with Crippen LogP contribution in [0.1, 0.15) is 43.0 Å². The highest BCUT2D eigenvalue weighted by Gasteiger charge is 2.27. The number of rotatable bonds is 5. The molecule has 2 saturated heterocycles. The first-order valence-electron chi connectivity index (χ1n) is 9.14. The van der Waals surface area contributed by atoms with Gasteiger partial charge in [-0.3, -0.25) is 4.79 Å². The topological polar surface area (TPSA) is 69.7 Å². The smallest absolute Gasteiger partial charge is 0.251 e. The average Bonchev–Trinajstić information content (AvgIpc) is 3.18. The zero-order valence-electron chi connectivity index (χ0n) is 14.8. The van der Waals surface area contributed by atoms with Crippen LogP contribution in [-0.4, -0.2) is 62.3 Å². The number of carbonyl (C=O) groups is 1. The van der Waals surface area contributed by atoms with E-state index in [9.17, 15) is 13.2 Å². The Bertz CT molecular complexity index is 689. The van der Waals surface area contributed by atoms with E-state index in [2.05, 4.69) is 17.1 Å². The van der Waals surface area contributed by atoms with Crippen LogP contribution < -0.4 is 5.32 Å². The summed E-state index contributed by atoms with van der Waals surface area (Å²) in [5.41, 5.74) is 0.512. The molecule has 2 fully saturated rings.